The molecule has 224 valence electrons. The van der Waals surface area contributed by atoms with E-state index < -0.39 is 27.5 Å². The van der Waals surface area contributed by atoms with E-state index in [4.69, 9.17) is 25.5 Å². The number of rotatable bonds is 9. The molecule has 1 unspecified atom stereocenters. The molecule has 0 radical (unpaired) electrons. The quantitative estimate of drug-likeness (QED) is 0.279. The lowest BCUT2D eigenvalue weighted by atomic mass is 9.80. The minimum absolute atomic E-state index is 0.0552. The molecule has 1 fully saturated rings. The summed E-state index contributed by atoms with van der Waals surface area (Å²) in [6.07, 6.45) is 4.43. The van der Waals surface area contributed by atoms with E-state index in [-0.39, 0.29) is 10.6 Å². The van der Waals surface area contributed by atoms with E-state index in [1.807, 2.05) is 30.1 Å². The number of nitrogens with one attached hydrogen (secondary N) is 1. The fourth-order valence-electron chi connectivity index (χ4n) is 6.30. The topological polar surface area (TPSA) is 114 Å². The molecular weight excluding hydrogens is 592 g/mol. The maximum atomic E-state index is 15.2. The van der Waals surface area contributed by atoms with Gasteiger partial charge in [0.15, 0.2) is 5.54 Å². The number of halogens is 1. The molecule has 1 amide bonds. The summed E-state index contributed by atoms with van der Waals surface area (Å²) >= 11 is 6.60. The summed E-state index contributed by atoms with van der Waals surface area (Å²) in [5.74, 6) is 0.702. The Morgan fingerprint density at radius 1 is 1.07 bits per heavy atom. The average Bonchev–Trinajstić information content (AvgIpc) is 3.76. The molecule has 2 aliphatic rings. The largest absolute Gasteiger partial charge is 0.497 e. The van der Waals surface area contributed by atoms with Gasteiger partial charge in [-0.15, -0.1) is 0 Å². The zero-order chi connectivity index (χ0) is 30.4. The van der Waals surface area contributed by atoms with Gasteiger partial charge in [0, 0.05) is 29.2 Å². The summed E-state index contributed by atoms with van der Waals surface area (Å²) in [4.78, 5) is 21.6. The lowest BCUT2D eigenvalue weighted by Gasteiger charge is -2.41. The summed E-state index contributed by atoms with van der Waals surface area (Å²) in [5.41, 5.74) is 0.432. The van der Waals surface area contributed by atoms with Crippen molar-refractivity contribution in [2.75, 3.05) is 32.1 Å². The van der Waals surface area contributed by atoms with Crippen molar-refractivity contribution in [1.82, 2.24) is 15.2 Å². The third-order valence-electron chi connectivity index (χ3n) is 8.12. The van der Waals surface area contributed by atoms with Crippen molar-refractivity contribution in [3.63, 3.8) is 0 Å². The number of fused-ring (bicyclic) bond motifs is 1. The van der Waals surface area contributed by atoms with Gasteiger partial charge in [0.05, 0.1) is 37.0 Å². The number of amides is 1. The Morgan fingerprint density at radius 3 is 2.53 bits per heavy atom. The zero-order valence-electron chi connectivity index (χ0n) is 23.9. The number of aromatic nitrogens is 1. The number of sulfonamides is 1. The Morgan fingerprint density at radius 2 is 1.86 bits per heavy atom. The lowest BCUT2D eigenvalue weighted by molar-refractivity contribution is -0.127. The summed E-state index contributed by atoms with van der Waals surface area (Å²) in [5, 5.41) is 3.49. The number of methoxy groups -OCH3 is 2. The number of carbonyl (C=O) groups is 1. The van der Waals surface area contributed by atoms with E-state index in [9.17, 15) is 8.42 Å². The van der Waals surface area contributed by atoms with Gasteiger partial charge < -0.3 is 19.2 Å². The second-order valence-electron chi connectivity index (χ2n) is 10.4. The van der Waals surface area contributed by atoms with Gasteiger partial charge in [-0.25, -0.2) is 17.7 Å². The van der Waals surface area contributed by atoms with Crippen LogP contribution in [0.2, 0.25) is 5.02 Å². The Kier molecular flexibility index (Phi) is 7.67. The maximum absolute atomic E-state index is 15.2. The number of ether oxygens (including phenoxy) is 2. The number of anilines is 1. The van der Waals surface area contributed by atoms with Crippen LogP contribution in [0.3, 0.4) is 0 Å². The second-order valence-corrected chi connectivity index (χ2v) is 12.6. The van der Waals surface area contributed by atoms with Crippen molar-refractivity contribution in [2.24, 2.45) is 0 Å². The summed E-state index contributed by atoms with van der Waals surface area (Å²) in [6.45, 7) is 1.03. The minimum atomic E-state index is -4.39. The molecule has 0 spiro atoms. The number of carbonyl (C=O) groups excluding carboxylic acids is 1. The van der Waals surface area contributed by atoms with Crippen LogP contribution in [0.25, 0.3) is 0 Å². The Balaban J connectivity index is 1.65. The molecule has 1 N–H and O–H groups in total. The predicted octanol–water partition coefficient (Wildman–Crippen LogP) is 4.88. The van der Waals surface area contributed by atoms with Crippen LogP contribution in [0, 0.1) is 0 Å². The molecule has 3 heterocycles. The Bertz CT molecular complexity index is 1760. The number of nitrogens with zero attached hydrogens (tertiary/aromatic N) is 3. The first-order valence-electron chi connectivity index (χ1n) is 13.8. The van der Waals surface area contributed by atoms with Crippen molar-refractivity contribution < 1.29 is 27.1 Å². The van der Waals surface area contributed by atoms with Crippen LogP contribution < -0.4 is 19.1 Å². The van der Waals surface area contributed by atoms with Crippen LogP contribution in [0.5, 0.6) is 11.5 Å². The van der Waals surface area contributed by atoms with Crippen LogP contribution in [-0.2, 0) is 26.9 Å². The van der Waals surface area contributed by atoms with Crippen molar-refractivity contribution >= 4 is 33.2 Å². The fraction of sp³-hybridized carbons (Fsp3) is 0.290. The van der Waals surface area contributed by atoms with E-state index in [1.54, 1.807) is 36.5 Å². The van der Waals surface area contributed by atoms with Gasteiger partial charge in [0.2, 0.25) is 5.89 Å². The molecule has 4 aromatic rings. The van der Waals surface area contributed by atoms with E-state index in [1.165, 1.54) is 32.6 Å². The van der Waals surface area contributed by atoms with Gasteiger partial charge in [-0.3, -0.25) is 9.69 Å². The standard InChI is InChI=1S/C31H31ClN4O6S/c1-33-19-20-6-12-24(28(17-20)41-3)31(35-15-4-5-27(35)29-34-14-16-42-29)25-18-21(32)7-13-26(25)36(30(31)37)43(38,39)23-10-8-22(40-2)9-11-23/h6-14,16-18,27,33H,4-5,15,19H2,1-3H3/t27-,31?/m0/s1. The van der Waals surface area contributed by atoms with Crippen LogP contribution in [-0.4, -0.2) is 52.0 Å². The highest BCUT2D eigenvalue weighted by Gasteiger charge is 2.62. The van der Waals surface area contributed by atoms with Gasteiger partial charge in [-0.1, -0.05) is 23.7 Å². The molecule has 1 saturated heterocycles. The van der Waals surface area contributed by atoms with Crippen LogP contribution in [0.1, 0.15) is 41.5 Å². The minimum Gasteiger partial charge on any atom is -0.497 e. The molecule has 10 nitrogen and oxygen atoms in total. The number of oxazole rings is 1. The normalized spacial score (nSPS) is 20.4. The zero-order valence-corrected chi connectivity index (χ0v) is 25.5. The molecular formula is C31H31ClN4O6S. The number of benzene rings is 3. The van der Waals surface area contributed by atoms with Crippen LogP contribution in [0.15, 0.2) is 82.4 Å². The van der Waals surface area contributed by atoms with Crippen LogP contribution >= 0.6 is 11.6 Å². The van der Waals surface area contributed by atoms with Crippen molar-refractivity contribution in [3.8, 4) is 11.5 Å². The van der Waals surface area contributed by atoms with Gasteiger partial charge >= 0.3 is 0 Å². The van der Waals surface area contributed by atoms with Gasteiger partial charge in [0.1, 0.15) is 17.8 Å². The molecule has 0 bridgehead atoms. The fourth-order valence-corrected chi connectivity index (χ4v) is 7.94. The van der Waals surface area contributed by atoms with Gasteiger partial charge in [0.25, 0.3) is 15.9 Å². The highest BCUT2D eigenvalue weighted by Crippen LogP contribution is 2.56. The smallest absolute Gasteiger partial charge is 0.271 e. The maximum Gasteiger partial charge on any atom is 0.271 e. The summed E-state index contributed by atoms with van der Waals surface area (Å²) in [7, 11) is 0.489. The Labute approximate surface area is 255 Å². The Hall–Kier alpha value is -3.90. The molecule has 6 rings (SSSR count). The third kappa shape index (κ3) is 4.58. The highest BCUT2D eigenvalue weighted by molar-refractivity contribution is 7.93. The monoisotopic (exact) mass is 622 g/mol. The average molecular weight is 623 g/mol. The first-order chi connectivity index (χ1) is 20.8. The van der Waals surface area contributed by atoms with Crippen molar-refractivity contribution in [3.05, 3.63) is 101 Å². The molecule has 2 atom stereocenters. The first kappa shape index (κ1) is 29.2. The van der Waals surface area contributed by atoms with E-state index in [0.717, 1.165) is 16.3 Å². The van der Waals surface area contributed by atoms with Crippen LogP contribution in [0.4, 0.5) is 5.69 Å². The molecule has 3 aromatic carbocycles. The van der Waals surface area contributed by atoms with E-state index >= 15 is 4.79 Å². The lowest BCUT2D eigenvalue weighted by Crippen LogP contribution is -2.54. The van der Waals surface area contributed by atoms with Gasteiger partial charge in [-0.05, 0) is 74.0 Å². The predicted molar refractivity (Wildman–Crippen MR) is 161 cm³/mol. The summed E-state index contributed by atoms with van der Waals surface area (Å²) < 4.78 is 46.5. The number of hydrogen-bond acceptors (Lipinski definition) is 9. The van der Waals surface area contributed by atoms with Crippen molar-refractivity contribution in [1.29, 1.82) is 0 Å². The number of likely N-dealkylation sites (tertiary alicyclic amines) is 1. The molecule has 0 aliphatic carbocycles. The molecule has 0 saturated carbocycles. The molecule has 1 aromatic heterocycles. The van der Waals surface area contributed by atoms with Crippen molar-refractivity contribution in [2.45, 2.75) is 35.9 Å². The summed E-state index contributed by atoms with van der Waals surface area (Å²) in [6, 6.07) is 16.0. The molecule has 43 heavy (non-hydrogen) atoms. The second kappa shape index (κ2) is 11.3. The highest BCUT2D eigenvalue weighted by atomic mass is 35.5. The van der Waals surface area contributed by atoms with E-state index in [2.05, 4.69) is 10.3 Å². The molecule has 12 heteroatoms. The number of hydrogen-bond donors (Lipinski definition) is 1. The SMILES string of the molecule is CNCc1ccc(C2(N3CCC[C@H]3c3ncco3)C(=O)N(S(=O)(=O)c3ccc(OC)cc3)c3ccc(Cl)cc32)c(OC)c1. The molecule has 2 aliphatic heterocycles. The van der Waals surface area contributed by atoms with E-state index in [0.29, 0.717) is 53.0 Å². The third-order valence-corrected chi connectivity index (χ3v) is 10.1. The van der Waals surface area contributed by atoms with Gasteiger partial charge in [-0.2, -0.15) is 0 Å². The first-order valence-corrected chi connectivity index (χ1v) is 15.6.